The van der Waals surface area contributed by atoms with Gasteiger partial charge in [-0.05, 0) is 296 Å². The van der Waals surface area contributed by atoms with E-state index in [9.17, 15) is 72.0 Å². The average molecular weight is 1990 g/mol. The van der Waals surface area contributed by atoms with Crippen LogP contribution in [-0.2, 0) is 44.9 Å². The number of nitrogens with zero attached hydrogens (tertiary/aromatic N) is 8. The zero-order chi connectivity index (χ0) is 102. The molecule has 29 nitrogen and oxygen atoms in total. The van der Waals surface area contributed by atoms with Crippen LogP contribution in [0.1, 0.15) is 240 Å². The highest BCUT2D eigenvalue weighted by molar-refractivity contribution is 6.38. The number of β-amino-alcohol motifs (C(OH)–C–C–N with tert-alkyl or cyclic N) is 4. The number of anilines is 4. The number of aromatic nitrogens is 4. The monoisotopic (exact) mass is 1990 g/mol. The highest BCUT2D eigenvalue weighted by Gasteiger charge is 2.40. The number of carbonyl (C=O) groups excluding carboxylic acids is 8. The third-order valence-corrected chi connectivity index (χ3v) is 30.4. The molecule has 21 rings (SSSR count). The van der Waals surface area contributed by atoms with Crippen molar-refractivity contribution in [1.29, 1.82) is 0 Å². The number of ether oxygens (including phenoxy) is 1. The largest absolute Gasteiger partial charge is 0.497 e. The van der Waals surface area contributed by atoms with Crippen molar-refractivity contribution >= 4 is 117 Å². The standard InChI is InChI=1S/C32H33F3N4O3.C27H34N4O4.C27H34N4O3.C26H31FN4O3/c1-18-26(36-24-9-6-14-39(32(42)27(18)24)17-19(40)16-38-12-3-2-4-13-38)15-21-29-25(37-31(21)41)11-10-22(33)28(29)20-7-5-8-23(34)30(20)35;1-17-23(14-21-20-9-8-19(35-2)13-24(20)29-26(21)33)28-22-7-6-12-31(27(34)25(17)22)16-18(32)15-30-10-4-3-5-11-30;1-17-8-6-9-21-24(17)20(26(33)29-21)14-23-18(2)25-22(28-23)10-7-13-31(27(25)34)16-19(32)15-30-11-4-3-5-12-30;1-16-23(13-20-19-12-17(27)7-8-21(19)29-25(20)33)28-22-6-5-11-31(26(34)24(16)22)15-18(32)14-30-9-3-2-4-10-30/h5,7-8,10-11,15,19,36,40H,2-4,6,9,12-14,16-17H2,1H3,(H,37,41);8-9,13-14,18,28,32H,3-7,10-12,15-16H2,1-2H3,(H,29,33);6,8-9,14,19,28,32H,3-5,7,10-13,15-16H2,1-2H3,(H,29,33);7-8,12-13,18,28,32H,2-6,9-11,14-15H2,1H3,(H,29,33)/b21-15-;21-14-;20-14-;20-13-/t19-;18-;19-;18-/m1110/s1. The molecular formula is C112H132F4N16O13. The first-order valence-electron chi connectivity index (χ1n) is 51.6. The number of aliphatic hydroxyl groups is 4. The van der Waals surface area contributed by atoms with E-state index in [0.29, 0.717) is 164 Å². The van der Waals surface area contributed by atoms with Crippen LogP contribution in [0.25, 0.3) is 57.7 Å². The minimum absolute atomic E-state index is 0.0314. The fourth-order valence-electron chi connectivity index (χ4n) is 23.0. The number of aromatic amines is 4. The molecule has 12 aliphatic heterocycles. The van der Waals surface area contributed by atoms with Gasteiger partial charge in [0.25, 0.3) is 47.3 Å². The molecule has 12 aliphatic rings. The van der Waals surface area contributed by atoms with Gasteiger partial charge in [0.2, 0.25) is 0 Å². The minimum Gasteiger partial charge on any atom is -0.497 e. The number of hydrogen-bond acceptors (Lipinski definition) is 17. The van der Waals surface area contributed by atoms with Gasteiger partial charge in [0, 0.05) is 181 Å². The molecule has 9 aromatic rings. The highest BCUT2D eigenvalue weighted by atomic mass is 19.2. The molecule has 16 heterocycles. The Morgan fingerprint density at radius 3 is 1.06 bits per heavy atom. The van der Waals surface area contributed by atoms with Crippen LogP contribution in [0.5, 0.6) is 5.75 Å². The molecule has 145 heavy (non-hydrogen) atoms. The van der Waals surface area contributed by atoms with Gasteiger partial charge in [-0.3, -0.25) is 38.4 Å². The van der Waals surface area contributed by atoms with E-state index in [1.54, 1.807) is 51.8 Å². The van der Waals surface area contributed by atoms with Gasteiger partial charge >= 0.3 is 0 Å². The predicted octanol–water partition coefficient (Wildman–Crippen LogP) is 14.7. The first kappa shape index (κ1) is 102. The lowest BCUT2D eigenvalue weighted by atomic mass is 9.93. The van der Waals surface area contributed by atoms with E-state index in [1.165, 1.54) is 87.8 Å². The second kappa shape index (κ2) is 45.0. The van der Waals surface area contributed by atoms with Gasteiger partial charge in [-0.2, -0.15) is 0 Å². The van der Waals surface area contributed by atoms with E-state index in [-0.39, 0.29) is 75.8 Å². The normalized spacial score (nSPS) is 20.2. The summed E-state index contributed by atoms with van der Waals surface area (Å²) in [4.78, 5) is 135. The Morgan fingerprint density at radius 2 is 0.662 bits per heavy atom. The van der Waals surface area contributed by atoms with Crippen molar-refractivity contribution in [3.63, 3.8) is 0 Å². The van der Waals surface area contributed by atoms with E-state index in [2.05, 4.69) is 60.8 Å². The molecule has 0 radical (unpaired) electrons. The van der Waals surface area contributed by atoms with Crippen LogP contribution in [0.15, 0.2) is 84.9 Å². The number of hydrogen-bond donors (Lipinski definition) is 12. The highest BCUT2D eigenvalue weighted by Crippen LogP contribution is 2.46. The van der Waals surface area contributed by atoms with Crippen molar-refractivity contribution in [3.05, 3.63) is 226 Å². The predicted molar refractivity (Wildman–Crippen MR) is 553 cm³/mol. The number of fused-ring (bicyclic) bond motifs is 8. The van der Waals surface area contributed by atoms with Gasteiger partial charge in [-0.1, -0.05) is 49.9 Å². The molecule has 12 N–H and O–H groups in total. The number of aliphatic hydroxyl groups excluding tert-OH is 4. The zero-order valence-corrected chi connectivity index (χ0v) is 83.5. The number of rotatable bonds is 22. The lowest BCUT2D eigenvalue weighted by Gasteiger charge is -2.31. The molecule has 4 atom stereocenters. The number of benzene rings is 5. The molecule has 0 spiro atoms. The number of halogens is 4. The second-order valence-electron chi connectivity index (χ2n) is 40.6. The van der Waals surface area contributed by atoms with Gasteiger partial charge < -0.3 is 106 Å². The lowest BCUT2D eigenvalue weighted by Crippen LogP contribution is -2.44. The SMILES string of the molecule is COc1ccc2c(c1)NC(=O)/C2=C\c1[nH]c2c(c1C)C(=O)N(C[C@H](O)CN1CCCCC1)CCC2.Cc1c(/C=C2\C(=O)Nc3ccc(F)c(-c4cccc(F)c4F)c32)[nH]c2c1C(=O)N(C[C@H](O)CN1CCCCC1)CCC2.Cc1c(/C=C2\C(=O)Nc3ccc(F)cc32)[nH]c2c1C(=O)N(C[C@@H](O)CN1CCCCC1)CCC2.Cc1cccc2c1/C(=C/c1[nH]c3c(c1C)C(=O)N(C[C@H](O)CN1CCCCC1)CCC3)C(=O)N2. The fraction of sp³-hybridized carbons (Fsp3) is 0.446. The van der Waals surface area contributed by atoms with Crippen LogP contribution < -0.4 is 26.0 Å². The number of methoxy groups -OCH3 is 1. The van der Waals surface area contributed by atoms with Crippen molar-refractivity contribution < 1.29 is 81.1 Å². The topological polar surface area (TPSA) is 364 Å². The first-order valence-corrected chi connectivity index (χ1v) is 51.6. The maximum atomic E-state index is 15.2. The number of piperidine rings is 4. The Labute approximate surface area is 842 Å². The number of nitrogens with one attached hydrogen (secondary N) is 8. The smallest absolute Gasteiger partial charge is 0.256 e. The average Bonchev–Trinajstić information content (AvgIpc) is 1.62. The van der Waals surface area contributed by atoms with Crippen molar-refractivity contribution in [1.82, 2.24) is 59.1 Å². The van der Waals surface area contributed by atoms with E-state index < -0.39 is 53.6 Å². The van der Waals surface area contributed by atoms with Crippen molar-refractivity contribution in [2.45, 2.75) is 187 Å². The van der Waals surface area contributed by atoms with E-state index in [1.807, 2.05) is 70.2 Å². The van der Waals surface area contributed by atoms with Gasteiger partial charge in [0.15, 0.2) is 11.6 Å². The Kier molecular flexibility index (Phi) is 31.7. The van der Waals surface area contributed by atoms with Crippen LogP contribution in [-0.4, -0.2) is 289 Å². The quantitative estimate of drug-likeness (QED) is 0.0221. The summed E-state index contributed by atoms with van der Waals surface area (Å²) in [6, 6.07) is 21.6. The Bertz CT molecular complexity index is 6600. The van der Waals surface area contributed by atoms with Gasteiger partial charge in [0.05, 0.1) is 81.8 Å². The zero-order valence-electron chi connectivity index (χ0n) is 83.5. The molecule has 0 aliphatic carbocycles. The molecule has 4 fully saturated rings. The number of aryl methyl sites for hydroxylation is 5. The Balaban J connectivity index is 0.000000128. The third-order valence-electron chi connectivity index (χ3n) is 30.4. The van der Waals surface area contributed by atoms with Gasteiger partial charge in [0.1, 0.15) is 17.4 Å². The number of H-pyrrole nitrogens is 4. The Morgan fingerprint density at radius 1 is 0.317 bits per heavy atom. The summed E-state index contributed by atoms with van der Waals surface area (Å²) < 4.78 is 63.2. The summed E-state index contributed by atoms with van der Waals surface area (Å²) in [6.45, 7) is 23.5. The van der Waals surface area contributed by atoms with Gasteiger partial charge in [-0.25, -0.2) is 17.6 Å². The molecule has 0 unspecified atom stereocenters. The number of amides is 8. The summed E-state index contributed by atoms with van der Waals surface area (Å²) in [5.41, 5.74) is 18.7. The van der Waals surface area contributed by atoms with Crippen LogP contribution in [0, 0.1) is 57.9 Å². The molecule has 5 aromatic carbocycles. The van der Waals surface area contributed by atoms with E-state index >= 15 is 4.39 Å². The van der Waals surface area contributed by atoms with Crippen molar-refractivity contribution in [2.24, 2.45) is 0 Å². The summed E-state index contributed by atoms with van der Waals surface area (Å²) in [7, 11) is 1.59. The lowest BCUT2D eigenvalue weighted by molar-refractivity contribution is -0.111. The van der Waals surface area contributed by atoms with Crippen molar-refractivity contribution in [2.75, 3.05) is 159 Å². The third kappa shape index (κ3) is 22.4. The molecule has 4 aromatic heterocycles. The summed E-state index contributed by atoms with van der Waals surface area (Å²) in [6.07, 6.45) is 24.8. The molecule has 4 saturated heterocycles. The number of carbonyl (C=O) groups is 8. The molecule has 8 amide bonds. The van der Waals surface area contributed by atoms with Crippen LogP contribution in [0.3, 0.4) is 0 Å². The van der Waals surface area contributed by atoms with Gasteiger partial charge in [-0.15, -0.1) is 0 Å². The van der Waals surface area contributed by atoms with Crippen molar-refractivity contribution in [3.8, 4) is 16.9 Å². The fourth-order valence-corrected chi connectivity index (χ4v) is 23.0. The number of likely N-dealkylation sites (tertiary alicyclic amines) is 4. The van der Waals surface area contributed by atoms with Crippen LogP contribution in [0.4, 0.5) is 40.3 Å². The molecule has 33 heteroatoms. The Hall–Kier alpha value is -12.9. The summed E-state index contributed by atoms with van der Waals surface area (Å²) >= 11 is 0. The maximum Gasteiger partial charge on any atom is 0.256 e. The molecule has 766 valence electrons. The van der Waals surface area contributed by atoms with Crippen LogP contribution >= 0.6 is 0 Å². The van der Waals surface area contributed by atoms with E-state index in [4.69, 9.17) is 4.74 Å². The molecule has 0 bridgehead atoms. The van der Waals surface area contributed by atoms with Crippen LogP contribution in [0.2, 0.25) is 0 Å². The summed E-state index contributed by atoms with van der Waals surface area (Å²) in [5, 5.41) is 54.2. The maximum absolute atomic E-state index is 15.2. The molecule has 0 saturated carbocycles. The van der Waals surface area contributed by atoms with E-state index in [0.717, 1.165) is 201 Å². The first-order chi connectivity index (χ1) is 70.0. The minimum atomic E-state index is -1.21. The molecular weight excluding hydrogens is 1850 g/mol. The summed E-state index contributed by atoms with van der Waals surface area (Å²) in [5.74, 6) is -4.33. The second-order valence-corrected chi connectivity index (χ2v) is 40.6.